The molecule has 0 saturated carbocycles. The van der Waals surface area contributed by atoms with Gasteiger partial charge in [0.25, 0.3) is 0 Å². The molecule has 0 spiro atoms. The van der Waals surface area contributed by atoms with Crippen molar-refractivity contribution < 1.29 is 17.9 Å². The van der Waals surface area contributed by atoms with Crippen LogP contribution in [0, 0.1) is 0 Å². The summed E-state index contributed by atoms with van der Waals surface area (Å²) in [6, 6.07) is 6.35. The number of halogens is 4. The van der Waals surface area contributed by atoms with E-state index in [2.05, 4.69) is 26.9 Å². The van der Waals surface area contributed by atoms with Gasteiger partial charge in [0.1, 0.15) is 5.75 Å². The van der Waals surface area contributed by atoms with E-state index in [0.29, 0.717) is 10.9 Å². The molecule has 0 amide bonds. The first kappa shape index (κ1) is 19.6. The van der Waals surface area contributed by atoms with E-state index >= 15 is 0 Å². The minimum absolute atomic E-state index is 0. The smallest absolute Gasteiger partial charge is 0.406 e. The normalized spacial score (nSPS) is 15.1. The first-order chi connectivity index (χ1) is 11.5. The Hall–Kier alpha value is -1.73. The molecule has 1 aromatic heterocycles. The average molecular weight is 376 g/mol. The summed E-state index contributed by atoms with van der Waals surface area (Å²) in [7, 11) is 0. The Morgan fingerprint density at radius 1 is 1.20 bits per heavy atom. The first-order valence-corrected chi connectivity index (χ1v) is 8.11. The number of aryl methyl sites for hydroxylation is 1. The molecule has 0 aliphatic carbocycles. The highest BCUT2D eigenvalue weighted by Gasteiger charge is 2.31. The van der Waals surface area contributed by atoms with Gasteiger partial charge in [0.15, 0.2) is 0 Å². The van der Waals surface area contributed by atoms with Gasteiger partial charge >= 0.3 is 6.36 Å². The number of nitrogens with zero attached hydrogens (tertiary/aromatic N) is 2. The monoisotopic (exact) mass is 375 g/mol. The van der Waals surface area contributed by atoms with Crippen molar-refractivity contribution in [2.75, 3.05) is 31.1 Å². The van der Waals surface area contributed by atoms with Crippen molar-refractivity contribution in [3.05, 3.63) is 30.0 Å². The molecule has 8 heteroatoms. The van der Waals surface area contributed by atoms with Crippen LogP contribution < -0.4 is 15.0 Å². The number of anilines is 1. The molecule has 0 unspecified atom stereocenters. The first-order valence-electron chi connectivity index (χ1n) is 8.11. The predicted molar refractivity (Wildman–Crippen MR) is 94.8 cm³/mol. The number of piperazine rings is 1. The van der Waals surface area contributed by atoms with Crippen LogP contribution in [0.4, 0.5) is 18.9 Å². The third kappa shape index (κ3) is 4.89. The van der Waals surface area contributed by atoms with Gasteiger partial charge in [-0.3, -0.25) is 4.98 Å². The van der Waals surface area contributed by atoms with Crippen LogP contribution in [0.1, 0.15) is 19.0 Å². The maximum atomic E-state index is 12.5. The van der Waals surface area contributed by atoms with Crippen LogP contribution in [0.2, 0.25) is 0 Å². The van der Waals surface area contributed by atoms with Gasteiger partial charge in [-0.15, -0.1) is 25.6 Å². The van der Waals surface area contributed by atoms with Gasteiger partial charge in [0, 0.05) is 42.9 Å². The molecular weight excluding hydrogens is 355 g/mol. The molecule has 1 aliphatic heterocycles. The van der Waals surface area contributed by atoms with Crippen LogP contribution in [0.15, 0.2) is 24.3 Å². The Morgan fingerprint density at radius 3 is 2.56 bits per heavy atom. The van der Waals surface area contributed by atoms with Gasteiger partial charge in [-0.2, -0.15) is 0 Å². The highest BCUT2D eigenvalue weighted by Crippen LogP contribution is 2.32. The Kier molecular flexibility index (Phi) is 6.35. The highest BCUT2D eigenvalue weighted by atomic mass is 35.5. The average Bonchev–Trinajstić information content (AvgIpc) is 2.54. The quantitative estimate of drug-likeness (QED) is 0.879. The summed E-state index contributed by atoms with van der Waals surface area (Å²) in [5.74, 6) is -0.212. The lowest BCUT2D eigenvalue weighted by molar-refractivity contribution is -0.274. The molecule has 1 fully saturated rings. The number of hydrogen-bond acceptors (Lipinski definition) is 4. The molecule has 3 rings (SSSR count). The van der Waals surface area contributed by atoms with Crippen LogP contribution in [0.25, 0.3) is 10.9 Å². The minimum atomic E-state index is -4.70. The van der Waals surface area contributed by atoms with Crippen LogP contribution in [0.5, 0.6) is 5.75 Å². The summed E-state index contributed by atoms with van der Waals surface area (Å²) in [4.78, 5) is 6.77. The second-order valence-electron chi connectivity index (χ2n) is 5.85. The topological polar surface area (TPSA) is 37.4 Å². The molecule has 138 valence electrons. The fraction of sp³-hybridized carbons (Fsp3) is 0.471. The number of hydrogen-bond donors (Lipinski definition) is 1. The molecule has 0 atom stereocenters. The summed E-state index contributed by atoms with van der Waals surface area (Å²) in [6.07, 6.45) is -2.89. The van der Waals surface area contributed by atoms with Gasteiger partial charge in [-0.25, -0.2) is 0 Å². The molecule has 4 nitrogen and oxygen atoms in total. The minimum Gasteiger partial charge on any atom is -0.406 e. The van der Waals surface area contributed by atoms with Crippen LogP contribution in [-0.4, -0.2) is 37.5 Å². The van der Waals surface area contributed by atoms with Crippen molar-refractivity contribution in [3.8, 4) is 5.75 Å². The Labute approximate surface area is 150 Å². The number of alkyl halides is 3. The van der Waals surface area contributed by atoms with Crippen LogP contribution in [0.3, 0.4) is 0 Å². The van der Waals surface area contributed by atoms with Gasteiger partial charge in [-0.05, 0) is 30.7 Å². The molecule has 25 heavy (non-hydrogen) atoms. The molecule has 0 radical (unpaired) electrons. The Bertz CT molecular complexity index is 718. The van der Waals surface area contributed by atoms with Crippen molar-refractivity contribution in [1.82, 2.24) is 10.3 Å². The molecule has 1 aliphatic rings. The highest BCUT2D eigenvalue weighted by molar-refractivity contribution is 5.93. The fourth-order valence-corrected chi connectivity index (χ4v) is 2.99. The fourth-order valence-electron chi connectivity index (χ4n) is 2.99. The summed E-state index contributed by atoms with van der Waals surface area (Å²) in [5, 5.41) is 3.98. The van der Waals surface area contributed by atoms with Crippen molar-refractivity contribution in [2.45, 2.75) is 26.1 Å². The van der Waals surface area contributed by atoms with Crippen LogP contribution >= 0.6 is 12.4 Å². The van der Waals surface area contributed by atoms with Gasteiger partial charge in [0.05, 0.1) is 5.52 Å². The summed E-state index contributed by atoms with van der Waals surface area (Å²) in [5.41, 5.74) is 2.59. The van der Waals surface area contributed by atoms with Gasteiger partial charge in [0.2, 0.25) is 0 Å². The Balaban J connectivity index is 0.00000225. The van der Waals surface area contributed by atoms with Crippen LogP contribution in [-0.2, 0) is 6.42 Å². The van der Waals surface area contributed by atoms with Crippen molar-refractivity contribution in [3.63, 3.8) is 0 Å². The number of rotatable bonds is 4. The lowest BCUT2D eigenvalue weighted by atomic mass is 10.1. The zero-order valence-corrected chi connectivity index (χ0v) is 14.7. The summed E-state index contributed by atoms with van der Waals surface area (Å²) < 4.78 is 41.6. The molecule has 2 heterocycles. The standard InChI is InChI=1S/C17H20F3N3O.ClH/c1-2-3-12-10-16(23-8-6-21-7-9-23)14-11-13(24-17(18,19)20)4-5-15(14)22-12;/h4-5,10-11,21H,2-3,6-9H2,1H3;1H. The summed E-state index contributed by atoms with van der Waals surface area (Å²) >= 11 is 0. The van der Waals surface area contributed by atoms with Crippen molar-refractivity contribution in [1.29, 1.82) is 0 Å². The molecular formula is C17H21ClF3N3O. The molecule has 2 aromatic rings. The third-order valence-corrected chi connectivity index (χ3v) is 4.01. The lowest BCUT2D eigenvalue weighted by Gasteiger charge is -2.30. The number of aromatic nitrogens is 1. The van der Waals surface area contributed by atoms with Crippen molar-refractivity contribution >= 4 is 29.0 Å². The van der Waals surface area contributed by atoms with E-state index in [4.69, 9.17) is 0 Å². The van der Waals surface area contributed by atoms with Crippen molar-refractivity contribution in [2.24, 2.45) is 0 Å². The molecule has 1 aromatic carbocycles. The second-order valence-corrected chi connectivity index (χ2v) is 5.85. The second kappa shape index (κ2) is 8.10. The van der Waals surface area contributed by atoms with E-state index in [9.17, 15) is 13.2 Å². The zero-order chi connectivity index (χ0) is 17.2. The van der Waals surface area contributed by atoms with E-state index in [1.807, 2.05) is 6.07 Å². The zero-order valence-electron chi connectivity index (χ0n) is 13.9. The third-order valence-electron chi connectivity index (χ3n) is 4.01. The van der Waals surface area contributed by atoms with Gasteiger partial charge < -0.3 is 15.0 Å². The van der Waals surface area contributed by atoms with E-state index in [-0.39, 0.29) is 18.2 Å². The maximum absolute atomic E-state index is 12.5. The SMILES string of the molecule is CCCc1cc(N2CCNCC2)c2cc(OC(F)(F)F)ccc2n1.Cl. The number of fused-ring (bicyclic) bond motifs is 1. The molecule has 1 saturated heterocycles. The van der Waals surface area contributed by atoms with Gasteiger partial charge in [-0.1, -0.05) is 13.3 Å². The summed E-state index contributed by atoms with van der Waals surface area (Å²) in [6.45, 7) is 5.41. The molecule has 0 bridgehead atoms. The van der Waals surface area contributed by atoms with E-state index < -0.39 is 6.36 Å². The van der Waals surface area contributed by atoms with E-state index in [1.165, 1.54) is 12.1 Å². The number of nitrogens with one attached hydrogen (secondary N) is 1. The Morgan fingerprint density at radius 2 is 1.92 bits per heavy atom. The van der Waals surface area contributed by atoms with E-state index in [1.54, 1.807) is 6.07 Å². The maximum Gasteiger partial charge on any atom is 0.573 e. The largest absolute Gasteiger partial charge is 0.573 e. The number of ether oxygens (including phenoxy) is 1. The lowest BCUT2D eigenvalue weighted by Crippen LogP contribution is -2.43. The predicted octanol–water partition coefficient (Wildman–Crippen LogP) is 3.92. The number of pyridine rings is 1. The molecule has 1 N–H and O–H groups in total. The number of benzene rings is 1. The van der Waals surface area contributed by atoms with E-state index in [0.717, 1.165) is 50.4 Å².